The van der Waals surface area contributed by atoms with Crippen LogP contribution in [0.25, 0.3) is 0 Å². The van der Waals surface area contributed by atoms with Crippen molar-refractivity contribution in [2.45, 2.75) is 13.0 Å². The van der Waals surface area contributed by atoms with Crippen molar-refractivity contribution in [3.8, 4) is 0 Å². The molecule has 0 aromatic carbocycles. The smallest absolute Gasteiger partial charge is 0.309 e. The Labute approximate surface area is 91.3 Å². The first-order chi connectivity index (χ1) is 7.63. The Morgan fingerprint density at radius 2 is 2.31 bits per heavy atom. The van der Waals surface area contributed by atoms with Crippen LogP contribution < -0.4 is 0 Å². The lowest BCUT2D eigenvalue weighted by atomic mass is 10.3. The van der Waals surface area contributed by atoms with Gasteiger partial charge in [-0.3, -0.25) is 9.48 Å². The average molecular weight is 221 g/mol. The molecule has 0 aliphatic carbocycles. The summed E-state index contributed by atoms with van der Waals surface area (Å²) in [4.78, 5) is 10.4. The van der Waals surface area contributed by atoms with Crippen LogP contribution in [-0.4, -0.2) is 35.9 Å². The van der Waals surface area contributed by atoms with Gasteiger partial charge >= 0.3 is 5.97 Å². The van der Waals surface area contributed by atoms with Crippen LogP contribution in [0.2, 0.25) is 0 Å². The van der Waals surface area contributed by atoms with Crippen LogP contribution in [0.4, 0.5) is 0 Å². The summed E-state index contributed by atoms with van der Waals surface area (Å²) < 4.78 is 3.27. The van der Waals surface area contributed by atoms with E-state index in [4.69, 9.17) is 5.11 Å². The van der Waals surface area contributed by atoms with Gasteiger partial charge in [-0.2, -0.15) is 5.10 Å². The van der Waals surface area contributed by atoms with Gasteiger partial charge in [0.2, 0.25) is 0 Å². The molecule has 0 aliphatic heterocycles. The molecule has 0 saturated heterocycles. The van der Waals surface area contributed by atoms with Gasteiger partial charge in [-0.25, -0.2) is 4.68 Å². The molecule has 2 aromatic rings. The topological polar surface area (TPSA) is 85.8 Å². The minimum absolute atomic E-state index is 0.109. The lowest BCUT2D eigenvalue weighted by Crippen LogP contribution is -2.02. The molecule has 0 unspecified atom stereocenters. The van der Waals surface area contributed by atoms with Crippen molar-refractivity contribution < 1.29 is 9.90 Å². The Kier molecular flexibility index (Phi) is 2.67. The lowest BCUT2D eigenvalue weighted by Gasteiger charge is -1.94. The van der Waals surface area contributed by atoms with Crippen LogP contribution in [0, 0.1) is 0 Å². The number of carboxylic acid groups (broad SMARTS) is 1. The fraction of sp³-hybridized carbons (Fsp3) is 0.333. The Morgan fingerprint density at radius 1 is 1.50 bits per heavy atom. The van der Waals surface area contributed by atoms with Crippen LogP contribution in [0.5, 0.6) is 0 Å². The maximum absolute atomic E-state index is 10.4. The van der Waals surface area contributed by atoms with Gasteiger partial charge in [-0.05, 0) is 6.07 Å². The zero-order valence-corrected chi connectivity index (χ0v) is 8.74. The highest BCUT2D eigenvalue weighted by Gasteiger charge is 2.06. The number of carbonyl (C=O) groups is 1. The molecular formula is C9H11N5O2. The Bertz CT molecular complexity index is 501. The number of hydrogen-bond acceptors (Lipinski definition) is 4. The maximum atomic E-state index is 10.4. The molecule has 0 amide bonds. The van der Waals surface area contributed by atoms with Crippen LogP contribution in [0.15, 0.2) is 18.5 Å². The third-order valence-corrected chi connectivity index (χ3v) is 2.01. The van der Waals surface area contributed by atoms with Crippen LogP contribution in [0.1, 0.15) is 11.4 Å². The molecule has 0 saturated carbocycles. The van der Waals surface area contributed by atoms with E-state index in [0.29, 0.717) is 12.2 Å². The van der Waals surface area contributed by atoms with Crippen molar-refractivity contribution in [2.24, 2.45) is 7.05 Å². The summed E-state index contributed by atoms with van der Waals surface area (Å²) in [5.74, 6) is -0.912. The molecule has 0 fully saturated rings. The number of aliphatic carboxylic acids is 1. The third kappa shape index (κ3) is 2.44. The van der Waals surface area contributed by atoms with E-state index >= 15 is 0 Å². The molecule has 0 bridgehead atoms. The number of aromatic nitrogens is 5. The predicted molar refractivity (Wildman–Crippen MR) is 53.7 cm³/mol. The molecule has 0 atom stereocenters. The molecule has 2 heterocycles. The Morgan fingerprint density at radius 3 is 2.94 bits per heavy atom. The molecule has 7 heteroatoms. The van der Waals surface area contributed by atoms with Crippen molar-refractivity contribution in [3.05, 3.63) is 29.8 Å². The molecule has 84 valence electrons. The molecule has 2 aromatic heterocycles. The Balaban J connectivity index is 2.05. The first kappa shape index (κ1) is 10.3. The summed E-state index contributed by atoms with van der Waals surface area (Å²) in [6, 6.07) is 1.87. The van der Waals surface area contributed by atoms with Crippen LogP contribution in [-0.2, 0) is 24.8 Å². The van der Waals surface area contributed by atoms with E-state index < -0.39 is 5.97 Å². The monoisotopic (exact) mass is 221 g/mol. The third-order valence-electron chi connectivity index (χ3n) is 2.01. The number of hydrogen-bond donors (Lipinski definition) is 1. The van der Waals surface area contributed by atoms with Gasteiger partial charge in [0.1, 0.15) is 0 Å². The van der Waals surface area contributed by atoms with E-state index in [1.165, 1.54) is 0 Å². The first-order valence-corrected chi connectivity index (χ1v) is 4.73. The van der Waals surface area contributed by atoms with Crippen molar-refractivity contribution >= 4 is 5.97 Å². The molecule has 2 rings (SSSR count). The normalized spacial score (nSPS) is 10.6. The number of nitrogens with zero attached hydrogens (tertiary/aromatic N) is 5. The minimum Gasteiger partial charge on any atom is -0.481 e. The SMILES string of the molecule is Cn1ccc(Cn2cc(CC(=O)O)nn2)n1. The standard InChI is InChI=1S/C9H11N5O2/c1-13-3-2-7(11-13)5-14-6-8(10-12-14)4-9(15)16/h2-3,6H,4-5H2,1H3,(H,15,16). The molecule has 0 aliphatic rings. The van der Waals surface area contributed by atoms with Gasteiger partial charge in [-0.1, -0.05) is 5.21 Å². The molecule has 16 heavy (non-hydrogen) atoms. The van der Waals surface area contributed by atoms with E-state index in [1.54, 1.807) is 15.6 Å². The van der Waals surface area contributed by atoms with Gasteiger partial charge in [0.05, 0.1) is 24.4 Å². The zero-order valence-electron chi connectivity index (χ0n) is 8.74. The summed E-state index contributed by atoms with van der Waals surface area (Å²) in [6.07, 6.45) is 3.34. The summed E-state index contributed by atoms with van der Waals surface area (Å²) in [6.45, 7) is 0.494. The number of carboxylic acids is 1. The fourth-order valence-corrected chi connectivity index (χ4v) is 1.37. The molecule has 0 spiro atoms. The fourth-order valence-electron chi connectivity index (χ4n) is 1.37. The van der Waals surface area contributed by atoms with Crippen LogP contribution in [0.3, 0.4) is 0 Å². The summed E-state index contributed by atoms with van der Waals surface area (Å²) in [7, 11) is 1.83. The quantitative estimate of drug-likeness (QED) is 0.765. The van der Waals surface area contributed by atoms with E-state index in [9.17, 15) is 4.79 Å². The second kappa shape index (κ2) is 4.13. The lowest BCUT2D eigenvalue weighted by molar-refractivity contribution is -0.136. The average Bonchev–Trinajstić information content (AvgIpc) is 2.76. The van der Waals surface area contributed by atoms with Gasteiger partial charge in [0.15, 0.2) is 0 Å². The maximum Gasteiger partial charge on any atom is 0.309 e. The summed E-state index contributed by atoms with van der Waals surface area (Å²) >= 11 is 0. The zero-order chi connectivity index (χ0) is 11.5. The number of aryl methyl sites for hydroxylation is 1. The highest BCUT2D eigenvalue weighted by atomic mass is 16.4. The molecule has 0 radical (unpaired) electrons. The van der Waals surface area contributed by atoms with E-state index in [0.717, 1.165) is 5.69 Å². The van der Waals surface area contributed by atoms with Gasteiger partial charge in [0.25, 0.3) is 0 Å². The van der Waals surface area contributed by atoms with Crippen molar-refractivity contribution in [1.82, 2.24) is 24.8 Å². The van der Waals surface area contributed by atoms with E-state index in [-0.39, 0.29) is 6.42 Å². The van der Waals surface area contributed by atoms with E-state index in [2.05, 4.69) is 15.4 Å². The second-order valence-electron chi connectivity index (χ2n) is 3.46. The van der Waals surface area contributed by atoms with Crippen molar-refractivity contribution in [2.75, 3.05) is 0 Å². The highest BCUT2D eigenvalue weighted by Crippen LogP contribution is 2.00. The minimum atomic E-state index is -0.912. The van der Waals surface area contributed by atoms with E-state index in [1.807, 2.05) is 19.3 Å². The van der Waals surface area contributed by atoms with Gasteiger partial charge < -0.3 is 5.11 Å². The first-order valence-electron chi connectivity index (χ1n) is 4.73. The largest absolute Gasteiger partial charge is 0.481 e. The predicted octanol–water partition coefficient (Wildman–Crippen LogP) is -0.313. The van der Waals surface area contributed by atoms with Gasteiger partial charge in [0, 0.05) is 19.4 Å². The molecule has 1 N–H and O–H groups in total. The van der Waals surface area contributed by atoms with Gasteiger partial charge in [-0.15, -0.1) is 5.10 Å². The summed E-state index contributed by atoms with van der Waals surface area (Å²) in [5, 5.41) is 20.3. The molecular weight excluding hydrogens is 210 g/mol. The van der Waals surface area contributed by atoms with Crippen molar-refractivity contribution in [1.29, 1.82) is 0 Å². The number of rotatable bonds is 4. The highest BCUT2D eigenvalue weighted by molar-refractivity contribution is 5.69. The second-order valence-corrected chi connectivity index (χ2v) is 3.46. The van der Waals surface area contributed by atoms with Crippen molar-refractivity contribution in [3.63, 3.8) is 0 Å². The molecule has 7 nitrogen and oxygen atoms in total. The Hall–Kier alpha value is -2.18. The summed E-state index contributed by atoms with van der Waals surface area (Å²) in [5.41, 5.74) is 1.30. The van der Waals surface area contributed by atoms with Crippen LogP contribution >= 0.6 is 0 Å².